The Morgan fingerprint density at radius 2 is 1.95 bits per heavy atom. The summed E-state index contributed by atoms with van der Waals surface area (Å²) in [4.78, 5) is 22.0. The minimum absolute atomic E-state index is 0.0364. The van der Waals surface area contributed by atoms with Crippen LogP contribution in [0.25, 0.3) is 0 Å². The van der Waals surface area contributed by atoms with Crippen molar-refractivity contribution in [3.05, 3.63) is 34.9 Å². The van der Waals surface area contributed by atoms with Crippen LogP contribution in [0.2, 0.25) is 0 Å². The molecule has 104 valence electrons. The third kappa shape index (κ3) is 4.35. The van der Waals surface area contributed by atoms with Gasteiger partial charge in [-0.15, -0.1) is 0 Å². The molecule has 1 aromatic carbocycles. The fourth-order valence-corrected chi connectivity index (χ4v) is 1.73. The maximum absolute atomic E-state index is 11.1. The number of carboxylic acid groups (broad SMARTS) is 2. The molecule has 0 aromatic heterocycles. The molecule has 0 heterocycles. The number of carbonyl (C=O) groups is 2. The third-order valence-corrected chi connectivity index (χ3v) is 2.58. The van der Waals surface area contributed by atoms with Crippen molar-refractivity contribution in [3.63, 3.8) is 0 Å². The molecule has 0 saturated heterocycles. The van der Waals surface area contributed by atoms with Gasteiger partial charge in [-0.2, -0.15) is 0 Å². The van der Waals surface area contributed by atoms with Crippen molar-refractivity contribution in [1.29, 1.82) is 0 Å². The molecule has 3 N–H and O–H groups in total. The lowest BCUT2D eigenvalue weighted by molar-refractivity contribution is 0.0392. The van der Waals surface area contributed by atoms with Gasteiger partial charge >= 0.3 is 11.9 Å². The molecule has 0 saturated carbocycles. The number of benzene rings is 1. The number of ether oxygens (including phenoxy) is 1. The number of aromatic carboxylic acids is 2. The van der Waals surface area contributed by atoms with Gasteiger partial charge in [0.15, 0.2) is 0 Å². The van der Waals surface area contributed by atoms with E-state index in [0.717, 1.165) is 0 Å². The molecule has 0 amide bonds. The van der Waals surface area contributed by atoms with Crippen LogP contribution in [-0.2, 0) is 11.2 Å². The van der Waals surface area contributed by atoms with E-state index < -0.39 is 11.9 Å². The highest BCUT2D eigenvalue weighted by atomic mass is 16.5. The Labute approximate surface area is 110 Å². The standard InChI is InChI=1S/C13H16O6/c1-8(19-5-4-14)6-10-7-9(12(15)16)2-3-11(10)13(17)18/h2-3,7-8,14H,4-6H2,1H3,(H,15,16)(H,17,18). The molecule has 1 unspecified atom stereocenters. The largest absolute Gasteiger partial charge is 0.478 e. The van der Waals surface area contributed by atoms with Crippen molar-refractivity contribution in [2.75, 3.05) is 13.2 Å². The molecule has 1 aromatic rings. The maximum atomic E-state index is 11.1. The Morgan fingerprint density at radius 1 is 1.26 bits per heavy atom. The van der Waals surface area contributed by atoms with Crippen molar-refractivity contribution in [3.8, 4) is 0 Å². The second kappa shape index (κ2) is 6.86. The Balaban J connectivity index is 2.97. The normalized spacial score (nSPS) is 12.1. The molecule has 6 nitrogen and oxygen atoms in total. The van der Waals surface area contributed by atoms with Crippen molar-refractivity contribution < 1.29 is 29.6 Å². The van der Waals surface area contributed by atoms with Gasteiger partial charge in [-0.1, -0.05) is 0 Å². The second-order valence-corrected chi connectivity index (χ2v) is 4.09. The summed E-state index contributed by atoms with van der Waals surface area (Å²) in [5.74, 6) is -2.22. The molecule has 0 aliphatic carbocycles. The number of hydrogen-bond donors (Lipinski definition) is 3. The van der Waals surface area contributed by atoms with Crippen molar-refractivity contribution >= 4 is 11.9 Å². The van der Waals surface area contributed by atoms with Crippen LogP contribution >= 0.6 is 0 Å². The SMILES string of the molecule is CC(Cc1cc(C(=O)O)ccc1C(=O)O)OCCO. The lowest BCUT2D eigenvalue weighted by atomic mass is 9.99. The number of hydrogen-bond acceptors (Lipinski definition) is 4. The molecule has 1 atom stereocenters. The van der Waals surface area contributed by atoms with Gasteiger partial charge in [0.05, 0.1) is 30.4 Å². The summed E-state index contributed by atoms with van der Waals surface area (Å²) < 4.78 is 5.24. The topological polar surface area (TPSA) is 104 Å². The first-order valence-electron chi connectivity index (χ1n) is 5.77. The zero-order chi connectivity index (χ0) is 14.4. The molecule has 0 aliphatic rings. The highest BCUT2D eigenvalue weighted by molar-refractivity contribution is 5.93. The number of rotatable bonds is 7. The lowest BCUT2D eigenvalue weighted by Crippen LogP contribution is -2.17. The minimum Gasteiger partial charge on any atom is -0.478 e. The Hall–Kier alpha value is -1.92. The predicted octanol–water partition coefficient (Wildman–Crippen LogP) is 1.02. The molecular formula is C13H16O6. The van der Waals surface area contributed by atoms with E-state index in [2.05, 4.69) is 0 Å². The molecular weight excluding hydrogens is 252 g/mol. The van der Waals surface area contributed by atoms with Gasteiger partial charge in [0, 0.05) is 0 Å². The van der Waals surface area contributed by atoms with Crippen LogP contribution in [0, 0.1) is 0 Å². The molecule has 0 radical (unpaired) electrons. The van der Waals surface area contributed by atoms with E-state index in [1.807, 2.05) is 0 Å². The summed E-state index contributed by atoms with van der Waals surface area (Å²) in [6.07, 6.45) is -0.0442. The van der Waals surface area contributed by atoms with Crippen molar-refractivity contribution in [2.45, 2.75) is 19.4 Å². The van der Waals surface area contributed by atoms with Crippen LogP contribution in [0.3, 0.4) is 0 Å². The number of aliphatic hydroxyl groups excluding tert-OH is 1. The third-order valence-electron chi connectivity index (χ3n) is 2.58. The van der Waals surface area contributed by atoms with Gasteiger partial charge in [0.1, 0.15) is 0 Å². The molecule has 1 rings (SSSR count). The predicted molar refractivity (Wildman–Crippen MR) is 66.6 cm³/mol. The van der Waals surface area contributed by atoms with Crippen LogP contribution in [0.5, 0.6) is 0 Å². The van der Waals surface area contributed by atoms with Crippen molar-refractivity contribution in [1.82, 2.24) is 0 Å². The Bertz CT molecular complexity index is 468. The molecule has 6 heteroatoms. The van der Waals surface area contributed by atoms with Crippen LogP contribution in [0.15, 0.2) is 18.2 Å². The first kappa shape index (κ1) is 15.1. The van der Waals surface area contributed by atoms with E-state index in [0.29, 0.717) is 5.56 Å². The van der Waals surface area contributed by atoms with E-state index in [1.54, 1.807) is 6.92 Å². The van der Waals surface area contributed by atoms with Gasteiger partial charge in [-0.05, 0) is 37.1 Å². The molecule has 0 aliphatic heterocycles. The average Bonchev–Trinajstić information content (AvgIpc) is 2.35. The highest BCUT2D eigenvalue weighted by Crippen LogP contribution is 2.16. The zero-order valence-electron chi connectivity index (χ0n) is 10.5. The molecule has 0 spiro atoms. The Morgan fingerprint density at radius 3 is 2.47 bits per heavy atom. The molecule has 0 bridgehead atoms. The van der Waals surface area contributed by atoms with Gasteiger partial charge in [-0.25, -0.2) is 9.59 Å². The van der Waals surface area contributed by atoms with Gasteiger partial charge in [0.2, 0.25) is 0 Å². The maximum Gasteiger partial charge on any atom is 0.335 e. The number of carboxylic acids is 2. The van der Waals surface area contributed by atoms with Crippen LogP contribution in [0.4, 0.5) is 0 Å². The monoisotopic (exact) mass is 268 g/mol. The van der Waals surface area contributed by atoms with Crippen LogP contribution < -0.4 is 0 Å². The Kier molecular flexibility index (Phi) is 5.47. The summed E-state index contributed by atoms with van der Waals surface area (Å²) in [6.45, 7) is 1.77. The summed E-state index contributed by atoms with van der Waals surface area (Å²) in [7, 11) is 0. The first-order valence-corrected chi connectivity index (χ1v) is 5.77. The van der Waals surface area contributed by atoms with E-state index in [9.17, 15) is 9.59 Å². The fourth-order valence-electron chi connectivity index (χ4n) is 1.73. The van der Waals surface area contributed by atoms with E-state index in [4.69, 9.17) is 20.1 Å². The summed E-state index contributed by atoms with van der Waals surface area (Å²) in [6, 6.07) is 3.87. The van der Waals surface area contributed by atoms with Crippen LogP contribution in [0.1, 0.15) is 33.2 Å². The summed E-state index contributed by atoms with van der Waals surface area (Å²) in [5.41, 5.74) is 0.497. The first-order chi connectivity index (χ1) is 8.95. The fraction of sp³-hybridized carbons (Fsp3) is 0.385. The van der Waals surface area contributed by atoms with E-state index in [-0.39, 0.29) is 36.9 Å². The molecule has 19 heavy (non-hydrogen) atoms. The highest BCUT2D eigenvalue weighted by Gasteiger charge is 2.15. The second-order valence-electron chi connectivity index (χ2n) is 4.09. The smallest absolute Gasteiger partial charge is 0.335 e. The lowest BCUT2D eigenvalue weighted by Gasteiger charge is -2.14. The van der Waals surface area contributed by atoms with Gasteiger partial charge in [-0.3, -0.25) is 0 Å². The zero-order valence-corrected chi connectivity index (χ0v) is 10.5. The van der Waals surface area contributed by atoms with E-state index in [1.165, 1.54) is 18.2 Å². The van der Waals surface area contributed by atoms with Crippen LogP contribution in [-0.4, -0.2) is 46.6 Å². The minimum atomic E-state index is -1.11. The van der Waals surface area contributed by atoms with Gasteiger partial charge < -0.3 is 20.1 Å². The average molecular weight is 268 g/mol. The summed E-state index contributed by atoms with van der Waals surface area (Å²) in [5, 5.41) is 26.6. The van der Waals surface area contributed by atoms with E-state index >= 15 is 0 Å². The van der Waals surface area contributed by atoms with Gasteiger partial charge in [0.25, 0.3) is 0 Å². The van der Waals surface area contributed by atoms with Crippen molar-refractivity contribution in [2.24, 2.45) is 0 Å². The number of aliphatic hydroxyl groups is 1. The summed E-state index contributed by atoms with van der Waals surface area (Å²) >= 11 is 0. The quantitative estimate of drug-likeness (QED) is 0.682. The molecule has 0 fully saturated rings.